The number of sulfone groups is 1. The number of amides is 1. The van der Waals surface area contributed by atoms with Crippen LogP contribution in [0.4, 0.5) is 18.9 Å². The quantitative estimate of drug-likeness (QED) is 0.622. The van der Waals surface area contributed by atoms with Crippen LogP contribution < -0.4 is 14.4 Å². The summed E-state index contributed by atoms with van der Waals surface area (Å²) in [6, 6.07) is 11.5. The maximum Gasteiger partial charge on any atom is 0.573 e. The minimum absolute atomic E-state index is 0.0356. The molecule has 33 heavy (non-hydrogen) atoms. The second kappa shape index (κ2) is 8.90. The molecule has 0 unspecified atom stereocenters. The molecule has 0 aromatic heterocycles. The number of ether oxygens (including phenoxy) is 2. The summed E-state index contributed by atoms with van der Waals surface area (Å²) in [5, 5.41) is -0.00320. The molecule has 176 valence electrons. The zero-order valence-electron chi connectivity index (χ0n) is 17.3. The van der Waals surface area contributed by atoms with Crippen LogP contribution in [0.25, 0.3) is 0 Å². The van der Waals surface area contributed by atoms with E-state index in [1.54, 1.807) is 29.2 Å². The zero-order valence-corrected chi connectivity index (χ0v) is 18.9. The van der Waals surface area contributed by atoms with Crippen molar-refractivity contribution in [3.63, 3.8) is 0 Å². The number of alkyl halides is 3. The fourth-order valence-corrected chi connectivity index (χ4v) is 7.67. The van der Waals surface area contributed by atoms with Crippen LogP contribution in [-0.2, 0) is 21.1 Å². The van der Waals surface area contributed by atoms with Gasteiger partial charge in [-0.3, -0.25) is 4.79 Å². The van der Waals surface area contributed by atoms with Gasteiger partial charge in [-0.25, -0.2) is 8.42 Å². The van der Waals surface area contributed by atoms with Crippen LogP contribution >= 0.6 is 11.8 Å². The van der Waals surface area contributed by atoms with Gasteiger partial charge in [0.05, 0.1) is 31.1 Å². The number of carbonyl (C=O) groups excluding carboxylic acids is 1. The number of carbonyl (C=O) groups is 1. The predicted octanol–water partition coefficient (Wildman–Crippen LogP) is 3.44. The molecule has 12 heteroatoms. The van der Waals surface area contributed by atoms with Gasteiger partial charge in [0.1, 0.15) is 11.5 Å². The normalized spacial score (nSPS) is 22.9. The van der Waals surface area contributed by atoms with E-state index >= 15 is 0 Å². The Hall–Kier alpha value is -2.73. The minimum Gasteiger partial charge on any atom is -0.497 e. The van der Waals surface area contributed by atoms with Crippen molar-refractivity contribution in [3.05, 3.63) is 54.1 Å². The number of benzene rings is 2. The fraction of sp³-hybridized carbons (Fsp3) is 0.333. The van der Waals surface area contributed by atoms with Crippen molar-refractivity contribution in [1.29, 1.82) is 0 Å². The monoisotopic (exact) mass is 500 g/mol. The van der Waals surface area contributed by atoms with Crippen molar-refractivity contribution >= 4 is 38.4 Å². The van der Waals surface area contributed by atoms with E-state index < -0.39 is 33.9 Å². The number of amidine groups is 1. The SMILES string of the molecule is COc1ccc(CC(=O)N=C2S[C@H]3CS(=O)(=O)C[C@H]3N2c2ccc(OC(F)(F)F)cc2)cc1. The van der Waals surface area contributed by atoms with Gasteiger partial charge >= 0.3 is 6.36 Å². The Morgan fingerprint density at radius 3 is 2.33 bits per heavy atom. The number of hydrogen-bond acceptors (Lipinski definition) is 6. The van der Waals surface area contributed by atoms with E-state index in [9.17, 15) is 26.4 Å². The van der Waals surface area contributed by atoms with E-state index in [-0.39, 0.29) is 23.2 Å². The topological polar surface area (TPSA) is 85.3 Å². The second-order valence-corrected chi connectivity index (χ2v) is 10.9. The van der Waals surface area contributed by atoms with Gasteiger partial charge in [0.25, 0.3) is 5.91 Å². The average Bonchev–Trinajstić information content (AvgIpc) is 3.18. The molecule has 2 heterocycles. The highest BCUT2D eigenvalue weighted by molar-refractivity contribution is 8.16. The Kier molecular flexibility index (Phi) is 6.32. The van der Waals surface area contributed by atoms with Gasteiger partial charge in [-0.1, -0.05) is 23.9 Å². The third-order valence-corrected chi connectivity index (χ3v) is 8.36. The van der Waals surface area contributed by atoms with Crippen molar-refractivity contribution in [3.8, 4) is 11.5 Å². The summed E-state index contributed by atoms with van der Waals surface area (Å²) in [6.45, 7) is 0. The van der Waals surface area contributed by atoms with Crippen molar-refractivity contribution in [2.45, 2.75) is 24.1 Å². The highest BCUT2D eigenvalue weighted by atomic mass is 32.2. The lowest BCUT2D eigenvalue weighted by atomic mass is 10.1. The Morgan fingerprint density at radius 1 is 1.09 bits per heavy atom. The molecule has 2 aliphatic rings. The number of hydrogen-bond donors (Lipinski definition) is 0. The van der Waals surface area contributed by atoms with E-state index in [4.69, 9.17) is 4.74 Å². The standard InChI is InChI=1S/C21H19F3N2O5S2/c1-30-15-6-2-13(3-7-15)10-19(27)25-20-26(17-11-33(28,29)12-18(17)32-20)14-4-8-16(9-5-14)31-21(22,23)24/h2-9,17-18H,10-12H2,1H3/t17-,18+/m1/s1. The van der Waals surface area contributed by atoms with E-state index in [0.29, 0.717) is 16.6 Å². The van der Waals surface area contributed by atoms with Gasteiger partial charge in [0, 0.05) is 10.9 Å². The van der Waals surface area contributed by atoms with Crippen LogP contribution in [0.1, 0.15) is 5.56 Å². The maximum atomic E-state index is 12.6. The number of rotatable bonds is 5. The first-order valence-corrected chi connectivity index (χ1v) is 12.5. The summed E-state index contributed by atoms with van der Waals surface area (Å²) in [5.74, 6) is -0.353. The molecule has 0 saturated carbocycles. The van der Waals surface area contributed by atoms with Crippen LogP contribution in [0.5, 0.6) is 11.5 Å². The molecule has 1 amide bonds. The van der Waals surface area contributed by atoms with Gasteiger partial charge in [-0.05, 0) is 42.0 Å². The molecule has 0 spiro atoms. The number of thioether (sulfide) groups is 1. The lowest BCUT2D eigenvalue weighted by molar-refractivity contribution is -0.274. The van der Waals surface area contributed by atoms with Crippen molar-refractivity contribution < 1.29 is 35.9 Å². The maximum absolute atomic E-state index is 12.6. The lowest BCUT2D eigenvalue weighted by Gasteiger charge is -2.24. The van der Waals surface area contributed by atoms with Crippen molar-refractivity contribution in [2.24, 2.45) is 4.99 Å². The summed E-state index contributed by atoms with van der Waals surface area (Å²) in [7, 11) is -1.73. The van der Waals surface area contributed by atoms with Gasteiger partial charge < -0.3 is 14.4 Å². The van der Waals surface area contributed by atoms with Crippen LogP contribution in [0, 0.1) is 0 Å². The largest absolute Gasteiger partial charge is 0.573 e. The first-order chi connectivity index (χ1) is 15.5. The summed E-state index contributed by atoms with van der Waals surface area (Å²) < 4.78 is 70.7. The van der Waals surface area contributed by atoms with Gasteiger partial charge in [0.15, 0.2) is 15.0 Å². The third-order valence-electron chi connectivity index (χ3n) is 5.15. The lowest BCUT2D eigenvalue weighted by Crippen LogP contribution is -2.37. The molecule has 2 aromatic carbocycles. The number of methoxy groups -OCH3 is 1. The molecule has 2 saturated heterocycles. The second-order valence-electron chi connectivity index (χ2n) is 7.53. The minimum atomic E-state index is -4.82. The molecule has 0 aliphatic carbocycles. The van der Waals surface area contributed by atoms with E-state index in [0.717, 1.165) is 17.7 Å². The molecular weight excluding hydrogens is 481 g/mol. The molecule has 2 aromatic rings. The molecule has 0 N–H and O–H groups in total. The van der Waals surface area contributed by atoms with Gasteiger partial charge in [0.2, 0.25) is 0 Å². The van der Waals surface area contributed by atoms with Crippen molar-refractivity contribution in [1.82, 2.24) is 0 Å². The molecule has 0 bridgehead atoms. The smallest absolute Gasteiger partial charge is 0.497 e. The Labute approximate surface area is 192 Å². The first kappa shape index (κ1) is 23.4. The van der Waals surface area contributed by atoms with Crippen LogP contribution in [0.3, 0.4) is 0 Å². The fourth-order valence-electron chi connectivity index (χ4n) is 3.74. The molecule has 2 atom stereocenters. The molecule has 4 rings (SSSR count). The molecular formula is C21H19F3N2O5S2. The van der Waals surface area contributed by atoms with Crippen molar-refractivity contribution in [2.75, 3.05) is 23.5 Å². The number of aliphatic imine (C=N–C) groups is 1. The Balaban J connectivity index is 1.58. The molecule has 2 fully saturated rings. The first-order valence-electron chi connectivity index (χ1n) is 9.79. The average molecular weight is 501 g/mol. The highest BCUT2D eigenvalue weighted by Crippen LogP contribution is 2.41. The Morgan fingerprint density at radius 2 is 1.73 bits per heavy atom. The number of halogens is 3. The number of nitrogens with zero attached hydrogens (tertiary/aromatic N) is 2. The van der Waals surface area contributed by atoms with Crippen LogP contribution in [0.15, 0.2) is 53.5 Å². The number of anilines is 1. The van der Waals surface area contributed by atoms with E-state index in [1.807, 2.05) is 0 Å². The number of fused-ring (bicyclic) bond motifs is 1. The van der Waals surface area contributed by atoms with Crippen LogP contribution in [-0.4, -0.2) is 55.8 Å². The Bertz CT molecular complexity index is 1170. The van der Waals surface area contributed by atoms with Gasteiger partial charge in [-0.2, -0.15) is 4.99 Å². The predicted molar refractivity (Wildman–Crippen MR) is 119 cm³/mol. The summed E-state index contributed by atoms with van der Waals surface area (Å²) >= 11 is 1.19. The molecule has 7 nitrogen and oxygen atoms in total. The summed E-state index contributed by atoms with van der Waals surface area (Å²) in [5.41, 5.74) is 1.16. The zero-order chi connectivity index (χ0) is 23.8. The van der Waals surface area contributed by atoms with E-state index in [1.165, 1.54) is 31.0 Å². The van der Waals surface area contributed by atoms with Crippen LogP contribution in [0.2, 0.25) is 0 Å². The summed E-state index contributed by atoms with van der Waals surface area (Å²) in [4.78, 5) is 18.5. The van der Waals surface area contributed by atoms with E-state index in [2.05, 4.69) is 9.73 Å². The third kappa shape index (κ3) is 5.61. The highest BCUT2D eigenvalue weighted by Gasteiger charge is 2.49. The van der Waals surface area contributed by atoms with Gasteiger partial charge in [-0.15, -0.1) is 13.2 Å². The molecule has 0 radical (unpaired) electrons. The summed E-state index contributed by atoms with van der Waals surface area (Å²) in [6.07, 6.45) is -4.79. The molecule has 2 aliphatic heterocycles.